The number of carbonyl (C=O) groups is 1. The van der Waals surface area contributed by atoms with Crippen LogP contribution in [-0.4, -0.2) is 25.7 Å². The minimum atomic E-state index is -0.249. The van der Waals surface area contributed by atoms with Crippen LogP contribution >= 0.6 is 11.3 Å². The molecule has 3 aromatic rings. The summed E-state index contributed by atoms with van der Waals surface area (Å²) in [4.78, 5) is 16.0. The zero-order valence-corrected chi connectivity index (χ0v) is 12.4. The van der Waals surface area contributed by atoms with Crippen LogP contribution in [0, 0.1) is 6.92 Å². The molecular formula is C14H13N5OS. The lowest BCUT2D eigenvalue weighted by atomic mass is 10.2. The maximum Gasteiger partial charge on any atom is 0.275 e. The van der Waals surface area contributed by atoms with Crippen LogP contribution < -0.4 is 5.32 Å². The van der Waals surface area contributed by atoms with E-state index in [1.54, 1.807) is 17.9 Å². The van der Waals surface area contributed by atoms with E-state index in [0.717, 1.165) is 10.6 Å². The Bertz CT molecular complexity index is 775. The average Bonchev–Trinajstić information content (AvgIpc) is 3.09. The lowest BCUT2D eigenvalue weighted by Gasteiger charge is -2.00. The Balaban J connectivity index is 1.78. The number of hydrogen-bond donors (Lipinski definition) is 1. The predicted molar refractivity (Wildman–Crippen MR) is 81.2 cm³/mol. The molecule has 0 radical (unpaired) electrons. The maximum atomic E-state index is 12.1. The first-order valence-corrected chi connectivity index (χ1v) is 7.13. The molecule has 0 saturated heterocycles. The lowest BCUT2D eigenvalue weighted by molar-refractivity contribution is 0.101. The summed E-state index contributed by atoms with van der Waals surface area (Å²) in [5.74, 6) is -0.249. The number of rotatable bonds is 3. The highest BCUT2D eigenvalue weighted by Crippen LogP contribution is 2.26. The Morgan fingerprint density at radius 3 is 2.67 bits per heavy atom. The molecule has 2 heterocycles. The molecular weight excluding hydrogens is 286 g/mol. The Kier molecular flexibility index (Phi) is 3.49. The number of aryl methyl sites for hydroxylation is 2. The normalized spacial score (nSPS) is 10.6. The van der Waals surface area contributed by atoms with E-state index in [0.29, 0.717) is 10.8 Å². The van der Waals surface area contributed by atoms with Gasteiger partial charge in [0.2, 0.25) is 5.13 Å². The molecule has 0 saturated carbocycles. The van der Waals surface area contributed by atoms with Crippen LogP contribution in [0.2, 0.25) is 0 Å². The van der Waals surface area contributed by atoms with Crippen molar-refractivity contribution in [1.82, 2.24) is 19.7 Å². The fourth-order valence-corrected chi connectivity index (χ4v) is 2.57. The number of carbonyl (C=O) groups excluding carboxylic acids is 1. The molecule has 21 heavy (non-hydrogen) atoms. The molecule has 0 aliphatic rings. The predicted octanol–water partition coefficient (Wildman–Crippen LogP) is 2.50. The Labute approximate surface area is 125 Å². The van der Waals surface area contributed by atoms with E-state index >= 15 is 0 Å². The van der Waals surface area contributed by atoms with Crippen LogP contribution in [0.15, 0.2) is 36.8 Å². The summed E-state index contributed by atoms with van der Waals surface area (Å²) in [5, 5.41) is 12.1. The van der Waals surface area contributed by atoms with Gasteiger partial charge in [-0.3, -0.25) is 10.1 Å². The van der Waals surface area contributed by atoms with E-state index in [1.165, 1.54) is 23.1 Å². The molecule has 0 spiro atoms. The largest absolute Gasteiger partial charge is 0.330 e. The molecule has 7 heteroatoms. The van der Waals surface area contributed by atoms with Gasteiger partial charge in [0.25, 0.3) is 5.91 Å². The molecule has 3 rings (SSSR count). The van der Waals surface area contributed by atoms with Gasteiger partial charge in [0.1, 0.15) is 10.7 Å². The van der Waals surface area contributed by atoms with Crippen molar-refractivity contribution >= 4 is 22.4 Å². The smallest absolute Gasteiger partial charge is 0.275 e. The standard InChI is InChI=1S/C14H13N5OS/c1-9-3-5-10(6-4-9)13-17-18-14(21-13)16-12(20)11-7-15-8-19(11)2/h3-8H,1-2H3,(H,16,18,20). The zero-order chi connectivity index (χ0) is 14.8. The van der Waals surface area contributed by atoms with Crippen LogP contribution in [0.4, 0.5) is 5.13 Å². The van der Waals surface area contributed by atoms with Gasteiger partial charge in [0.05, 0.1) is 12.5 Å². The summed E-state index contributed by atoms with van der Waals surface area (Å²) >= 11 is 1.34. The quantitative estimate of drug-likeness (QED) is 0.806. The van der Waals surface area contributed by atoms with Gasteiger partial charge in [-0.1, -0.05) is 41.2 Å². The molecule has 0 fully saturated rings. The highest BCUT2D eigenvalue weighted by atomic mass is 32.1. The summed E-state index contributed by atoms with van der Waals surface area (Å²) in [5.41, 5.74) is 2.65. The van der Waals surface area contributed by atoms with Crippen molar-refractivity contribution in [2.45, 2.75) is 6.92 Å². The highest BCUT2D eigenvalue weighted by molar-refractivity contribution is 7.18. The van der Waals surface area contributed by atoms with Crippen LogP contribution in [0.1, 0.15) is 16.1 Å². The topological polar surface area (TPSA) is 72.7 Å². The summed E-state index contributed by atoms with van der Waals surface area (Å²) < 4.78 is 1.65. The van der Waals surface area contributed by atoms with Gasteiger partial charge in [-0.2, -0.15) is 0 Å². The fourth-order valence-electron chi connectivity index (χ4n) is 1.82. The van der Waals surface area contributed by atoms with Crippen molar-refractivity contribution in [2.24, 2.45) is 7.05 Å². The van der Waals surface area contributed by atoms with Crippen molar-refractivity contribution < 1.29 is 4.79 Å². The highest BCUT2D eigenvalue weighted by Gasteiger charge is 2.13. The van der Waals surface area contributed by atoms with Gasteiger partial charge >= 0.3 is 0 Å². The SMILES string of the molecule is Cc1ccc(-c2nnc(NC(=O)c3cncn3C)s2)cc1. The Morgan fingerprint density at radius 2 is 2.00 bits per heavy atom. The molecule has 0 aliphatic carbocycles. The van der Waals surface area contributed by atoms with E-state index in [2.05, 4.69) is 20.5 Å². The van der Waals surface area contributed by atoms with Crippen molar-refractivity contribution in [2.75, 3.05) is 5.32 Å². The first-order chi connectivity index (χ1) is 10.1. The van der Waals surface area contributed by atoms with Gasteiger partial charge in [0, 0.05) is 12.6 Å². The molecule has 0 unspecified atom stereocenters. The third-order valence-electron chi connectivity index (χ3n) is 2.99. The number of benzene rings is 1. The van der Waals surface area contributed by atoms with Crippen molar-refractivity contribution in [1.29, 1.82) is 0 Å². The number of nitrogens with zero attached hydrogens (tertiary/aromatic N) is 4. The second-order valence-corrected chi connectivity index (χ2v) is 5.60. The van der Waals surface area contributed by atoms with Crippen molar-refractivity contribution in [3.05, 3.63) is 48.0 Å². The fraction of sp³-hybridized carbons (Fsp3) is 0.143. The third-order valence-corrected chi connectivity index (χ3v) is 3.88. The third kappa shape index (κ3) is 2.82. The van der Waals surface area contributed by atoms with Crippen LogP contribution in [0.25, 0.3) is 10.6 Å². The molecule has 0 aliphatic heterocycles. The summed E-state index contributed by atoms with van der Waals surface area (Å²) in [6.07, 6.45) is 3.09. The van der Waals surface area contributed by atoms with Gasteiger partial charge in [0.15, 0.2) is 0 Å². The first kappa shape index (κ1) is 13.4. The number of imidazole rings is 1. The lowest BCUT2D eigenvalue weighted by Crippen LogP contribution is -2.15. The Morgan fingerprint density at radius 1 is 1.24 bits per heavy atom. The number of anilines is 1. The molecule has 1 aromatic carbocycles. The van der Waals surface area contributed by atoms with Gasteiger partial charge in [-0.25, -0.2) is 4.98 Å². The minimum Gasteiger partial charge on any atom is -0.330 e. The number of nitrogens with one attached hydrogen (secondary N) is 1. The van der Waals surface area contributed by atoms with Crippen LogP contribution in [0.3, 0.4) is 0 Å². The maximum absolute atomic E-state index is 12.1. The van der Waals surface area contributed by atoms with Crippen molar-refractivity contribution in [3.8, 4) is 10.6 Å². The zero-order valence-electron chi connectivity index (χ0n) is 11.6. The number of amides is 1. The molecule has 1 N–H and O–H groups in total. The second-order valence-electron chi connectivity index (χ2n) is 4.62. The molecule has 2 aromatic heterocycles. The summed E-state index contributed by atoms with van der Waals surface area (Å²) in [7, 11) is 1.76. The number of aromatic nitrogens is 4. The molecule has 0 bridgehead atoms. The average molecular weight is 299 g/mol. The molecule has 1 amide bonds. The van der Waals surface area contributed by atoms with Gasteiger partial charge in [-0.15, -0.1) is 10.2 Å². The van der Waals surface area contributed by atoms with Crippen LogP contribution in [-0.2, 0) is 7.05 Å². The van der Waals surface area contributed by atoms with E-state index in [9.17, 15) is 4.79 Å². The molecule has 6 nitrogen and oxygen atoms in total. The van der Waals surface area contributed by atoms with E-state index < -0.39 is 0 Å². The van der Waals surface area contributed by atoms with E-state index in [-0.39, 0.29) is 5.91 Å². The molecule has 106 valence electrons. The first-order valence-electron chi connectivity index (χ1n) is 6.32. The second kappa shape index (κ2) is 5.45. The number of hydrogen-bond acceptors (Lipinski definition) is 5. The van der Waals surface area contributed by atoms with Crippen LogP contribution in [0.5, 0.6) is 0 Å². The monoisotopic (exact) mass is 299 g/mol. The minimum absolute atomic E-state index is 0.249. The van der Waals surface area contributed by atoms with E-state index in [4.69, 9.17) is 0 Å². The van der Waals surface area contributed by atoms with Gasteiger partial charge in [-0.05, 0) is 6.92 Å². The van der Waals surface area contributed by atoms with E-state index in [1.807, 2.05) is 31.2 Å². The summed E-state index contributed by atoms with van der Waals surface area (Å²) in [6, 6.07) is 8.01. The summed E-state index contributed by atoms with van der Waals surface area (Å²) in [6.45, 7) is 2.03. The van der Waals surface area contributed by atoms with Crippen molar-refractivity contribution in [3.63, 3.8) is 0 Å². The molecule has 0 atom stereocenters. The van der Waals surface area contributed by atoms with Gasteiger partial charge < -0.3 is 4.57 Å². The Hall–Kier alpha value is -2.54.